The summed E-state index contributed by atoms with van der Waals surface area (Å²) in [6.45, 7) is 1.14. The van der Waals surface area contributed by atoms with E-state index in [1.807, 2.05) is 36.2 Å². The molecule has 1 rings (SSSR count). The summed E-state index contributed by atoms with van der Waals surface area (Å²) in [4.78, 5) is 6.11. The molecule has 0 saturated heterocycles. The van der Waals surface area contributed by atoms with Gasteiger partial charge in [-0.2, -0.15) is 0 Å². The van der Waals surface area contributed by atoms with Crippen molar-refractivity contribution < 1.29 is 0 Å². The van der Waals surface area contributed by atoms with Crippen LogP contribution in [-0.2, 0) is 6.54 Å². The van der Waals surface area contributed by atoms with Crippen LogP contribution in [0.5, 0.6) is 0 Å². The first-order valence-corrected chi connectivity index (χ1v) is 5.65. The van der Waals surface area contributed by atoms with Crippen molar-refractivity contribution in [1.82, 2.24) is 10.2 Å². The Hall–Kier alpha value is -0.930. The molecule has 0 radical (unpaired) electrons. The van der Waals surface area contributed by atoms with Gasteiger partial charge in [-0.05, 0) is 11.6 Å². The molecule has 0 fully saturated rings. The Labute approximate surface area is 131 Å². The average molecular weight is 378 g/mol. The van der Waals surface area contributed by atoms with E-state index in [1.165, 1.54) is 0 Å². The predicted molar refractivity (Wildman–Crippen MR) is 88.5 cm³/mol. The summed E-state index contributed by atoms with van der Waals surface area (Å²) in [5.74, 6) is 3.27. The van der Waals surface area contributed by atoms with E-state index in [1.54, 1.807) is 7.05 Å². The molecule has 0 spiro atoms. The van der Waals surface area contributed by atoms with Crippen molar-refractivity contribution in [2.24, 2.45) is 4.99 Å². The number of hydrogen-bond donors (Lipinski definition) is 1. The maximum absolute atomic E-state index is 6.10. The molecule has 0 atom stereocenters. The summed E-state index contributed by atoms with van der Waals surface area (Å²) in [5, 5.41) is 3.81. The van der Waals surface area contributed by atoms with Crippen LogP contribution in [0.25, 0.3) is 0 Å². The summed E-state index contributed by atoms with van der Waals surface area (Å²) in [5.41, 5.74) is 1.06. The molecule has 0 amide bonds. The fourth-order valence-corrected chi connectivity index (χ4v) is 1.67. The molecule has 5 heteroatoms. The van der Waals surface area contributed by atoms with E-state index >= 15 is 0 Å². The van der Waals surface area contributed by atoms with Crippen molar-refractivity contribution in [2.75, 3.05) is 20.6 Å². The number of guanidine groups is 1. The van der Waals surface area contributed by atoms with E-state index in [4.69, 9.17) is 18.0 Å². The second kappa shape index (κ2) is 9.06. The Morgan fingerprint density at radius 1 is 1.50 bits per heavy atom. The van der Waals surface area contributed by atoms with Crippen LogP contribution in [0.1, 0.15) is 5.56 Å². The van der Waals surface area contributed by atoms with Gasteiger partial charge in [0.2, 0.25) is 0 Å². The minimum Gasteiger partial charge on any atom is -0.345 e. The number of hydrogen-bond acceptors (Lipinski definition) is 1. The van der Waals surface area contributed by atoms with Crippen LogP contribution >= 0.6 is 35.6 Å². The second-order valence-electron chi connectivity index (χ2n) is 3.55. The summed E-state index contributed by atoms with van der Waals surface area (Å²) in [6, 6.07) is 7.75. The lowest BCUT2D eigenvalue weighted by atomic mass is 10.2. The highest BCUT2D eigenvalue weighted by molar-refractivity contribution is 14.0. The van der Waals surface area contributed by atoms with Crippen molar-refractivity contribution in [2.45, 2.75) is 6.54 Å². The Morgan fingerprint density at radius 3 is 2.72 bits per heavy atom. The molecule has 0 heterocycles. The molecule has 1 aromatic carbocycles. The van der Waals surface area contributed by atoms with E-state index in [0.29, 0.717) is 13.1 Å². The van der Waals surface area contributed by atoms with Gasteiger partial charge in [0.1, 0.15) is 0 Å². The predicted octanol–water partition coefficient (Wildman–Crippen LogP) is 2.60. The number of aliphatic imine (C=N–C) groups is 1. The molecule has 0 unspecified atom stereocenters. The van der Waals surface area contributed by atoms with Gasteiger partial charge in [-0.1, -0.05) is 35.7 Å². The normalized spacial score (nSPS) is 10.2. The zero-order valence-electron chi connectivity index (χ0n) is 10.5. The molecular weight excluding hydrogens is 361 g/mol. The van der Waals surface area contributed by atoms with Gasteiger partial charge in [-0.25, -0.2) is 0 Å². The molecule has 0 aliphatic rings. The van der Waals surface area contributed by atoms with E-state index in [-0.39, 0.29) is 24.0 Å². The van der Waals surface area contributed by atoms with Gasteiger partial charge in [0.05, 0.1) is 6.54 Å². The van der Waals surface area contributed by atoms with Gasteiger partial charge < -0.3 is 10.2 Å². The van der Waals surface area contributed by atoms with Crippen LogP contribution < -0.4 is 5.32 Å². The third-order valence-corrected chi connectivity index (χ3v) is 2.66. The van der Waals surface area contributed by atoms with E-state index < -0.39 is 0 Å². The van der Waals surface area contributed by atoms with Crippen LogP contribution in [0.4, 0.5) is 0 Å². The first-order valence-electron chi connectivity index (χ1n) is 5.27. The van der Waals surface area contributed by atoms with Crippen LogP contribution in [0.3, 0.4) is 0 Å². The molecule has 18 heavy (non-hydrogen) atoms. The minimum absolute atomic E-state index is 0. The minimum atomic E-state index is 0. The quantitative estimate of drug-likeness (QED) is 0.379. The van der Waals surface area contributed by atoms with Crippen molar-refractivity contribution in [3.05, 3.63) is 34.9 Å². The van der Waals surface area contributed by atoms with Crippen molar-refractivity contribution in [1.29, 1.82) is 0 Å². The van der Waals surface area contributed by atoms with E-state index in [2.05, 4.69) is 16.2 Å². The lowest BCUT2D eigenvalue weighted by Crippen LogP contribution is -2.38. The summed E-state index contributed by atoms with van der Waals surface area (Å²) in [7, 11) is 3.66. The molecule has 0 saturated carbocycles. The van der Waals surface area contributed by atoms with Crippen molar-refractivity contribution in [3.8, 4) is 12.3 Å². The van der Waals surface area contributed by atoms with Crippen LogP contribution in [0.15, 0.2) is 29.3 Å². The smallest absolute Gasteiger partial charge is 0.194 e. The van der Waals surface area contributed by atoms with Crippen LogP contribution in [-0.4, -0.2) is 31.5 Å². The zero-order chi connectivity index (χ0) is 12.7. The SMILES string of the molecule is C#CCNC(=NC)N(C)Cc1ccccc1Cl.I. The van der Waals surface area contributed by atoms with Crippen molar-refractivity contribution >= 4 is 41.5 Å². The van der Waals surface area contributed by atoms with Gasteiger partial charge in [0, 0.05) is 25.7 Å². The molecule has 1 N–H and O–H groups in total. The topological polar surface area (TPSA) is 27.6 Å². The molecule has 0 bridgehead atoms. The van der Waals surface area contributed by atoms with E-state index in [9.17, 15) is 0 Å². The Kier molecular flexibility index (Phi) is 8.59. The average Bonchev–Trinajstić information content (AvgIpc) is 2.33. The molecule has 0 aliphatic heterocycles. The van der Waals surface area contributed by atoms with Gasteiger partial charge in [0.15, 0.2) is 5.96 Å². The lowest BCUT2D eigenvalue weighted by Gasteiger charge is -2.21. The summed E-state index contributed by atoms with van der Waals surface area (Å²) in [6.07, 6.45) is 5.20. The Morgan fingerprint density at radius 2 is 2.17 bits per heavy atom. The number of rotatable bonds is 3. The highest BCUT2D eigenvalue weighted by atomic mass is 127. The molecular formula is C13H17ClIN3. The third kappa shape index (κ3) is 5.15. The van der Waals surface area contributed by atoms with Crippen molar-refractivity contribution in [3.63, 3.8) is 0 Å². The maximum atomic E-state index is 6.10. The highest BCUT2D eigenvalue weighted by Gasteiger charge is 2.07. The van der Waals surface area contributed by atoms with Crippen LogP contribution in [0.2, 0.25) is 5.02 Å². The molecule has 0 aromatic heterocycles. The number of benzene rings is 1. The van der Waals surface area contributed by atoms with Gasteiger partial charge in [-0.15, -0.1) is 30.4 Å². The fourth-order valence-electron chi connectivity index (χ4n) is 1.47. The fraction of sp³-hybridized carbons (Fsp3) is 0.308. The standard InChI is InChI=1S/C13H16ClN3.HI/c1-4-9-16-13(15-2)17(3)10-11-7-5-6-8-12(11)14;/h1,5-8H,9-10H2,2-3H3,(H,15,16);1H. The number of halogens is 2. The number of terminal acetylenes is 1. The Balaban J connectivity index is 0.00000289. The molecule has 1 aromatic rings. The monoisotopic (exact) mass is 377 g/mol. The first kappa shape index (κ1) is 17.1. The number of nitrogens with zero attached hydrogens (tertiary/aromatic N) is 2. The maximum Gasteiger partial charge on any atom is 0.194 e. The van der Waals surface area contributed by atoms with Gasteiger partial charge in [-0.3, -0.25) is 4.99 Å². The first-order chi connectivity index (χ1) is 8.19. The Bertz CT molecular complexity index is 440. The second-order valence-corrected chi connectivity index (χ2v) is 3.96. The third-order valence-electron chi connectivity index (χ3n) is 2.29. The molecule has 98 valence electrons. The largest absolute Gasteiger partial charge is 0.345 e. The van der Waals surface area contributed by atoms with Gasteiger partial charge in [0.25, 0.3) is 0 Å². The van der Waals surface area contributed by atoms with Gasteiger partial charge >= 0.3 is 0 Å². The number of nitrogens with one attached hydrogen (secondary N) is 1. The zero-order valence-corrected chi connectivity index (χ0v) is 13.6. The lowest BCUT2D eigenvalue weighted by molar-refractivity contribution is 0.481. The highest BCUT2D eigenvalue weighted by Crippen LogP contribution is 2.16. The molecule has 0 aliphatic carbocycles. The summed E-state index contributed by atoms with van der Waals surface area (Å²) >= 11 is 6.10. The summed E-state index contributed by atoms with van der Waals surface area (Å²) < 4.78 is 0. The van der Waals surface area contributed by atoms with Crippen LogP contribution in [0, 0.1) is 12.3 Å². The molecule has 3 nitrogen and oxygen atoms in total. The van der Waals surface area contributed by atoms with E-state index in [0.717, 1.165) is 16.5 Å².